The number of phosphoric acid groups is 1. The molecule has 420 valence electrons. The van der Waals surface area contributed by atoms with Crippen molar-refractivity contribution in [2.24, 2.45) is 0 Å². The number of aliphatic hydroxyl groups excluding tert-OH is 1. The quantitative estimate of drug-likeness (QED) is 0.0243. The van der Waals surface area contributed by atoms with Crippen LogP contribution in [-0.2, 0) is 18.4 Å². The van der Waals surface area contributed by atoms with E-state index in [1.807, 2.05) is 27.2 Å². The zero-order chi connectivity index (χ0) is 52.7. The maximum atomic E-state index is 13.0. The molecule has 72 heavy (non-hydrogen) atoms. The molecular weight excluding hydrogens is 912 g/mol. The highest BCUT2D eigenvalue weighted by Crippen LogP contribution is 2.43. The van der Waals surface area contributed by atoms with E-state index >= 15 is 0 Å². The zero-order valence-electron chi connectivity index (χ0n) is 47.9. The number of hydrogen-bond acceptors (Lipinski definition) is 5. The largest absolute Gasteiger partial charge is 0.472 e. The molecule has 0 aliphatic carbocycles. The first-order chi connectivity index (χ1) is 35.0. The first-order valence-electron chi connectivity index (χ1n) is 30.3. The summed E-state index contributed by atoms with van der Waals surface area (Å²) >= 11 is 0. The number of carbonyl (C=O) groups is 1. The Morgan fingerprint density at radius 3 is 1.28 bits per heavy atom. The van der Waals surface area contributed by atoms with Gasteiger partial charge in [-0.1, -0.05) is 267 Å². The molecule has 0 aromatic rings. The molecule has 0 aliphatic heterocycles. The Kier molecular flexibility index (Phi) is 52.2. The molecule has 0 radical (unpaired) electrons. The molecule has 0 saturated carbocycles. The number of unbranched alkanes of at least 4 members (excludes halogenated alkanes) is 32. The van der Waals surface area contributed by atoms with Crippen molar-refractivity contribution in [2.75, 3.05) is 40.9 Å². The number of hydrogen-bond donors (Lipinski definition) is 3. The van der Waals surface area contributed by atoms with Crippen LogP contribution < -0.4 is 5.32 Å². The SMILES string of the molecule is CC/C=C\C/C=C\C/C=C\C/C=C\CCCCCCCCCCCCCCC(=O)NC(COP(=O)(O)OCC[N+](C)(C)C)C(O)/C=C/CC/C=C/CCCCCCCCCCCCCCCCCCCCC. The molecule has 3 atom stereocenters. The van der Waals surface area contributed by atoms with Crippen LogP contribution in [0.15, 0.2) is 72.9 Å². The number of nitrogens with one attached hydrogen (secondary N) is 1. The van der Waals surface area contributed by atoms with Crippen molar-refractivity contribution in [1.82, 2.24) is 5.32 Å². The molecular formula is C63H118N2O6P+. The summed E-state index contributed by atoms with van der Waals surface area (Å²) in [6.07, 6.45) is 74.4. The second-order valence-electron chi connectivity index (χ2n) is 21.7. The Balaban J connectivity index is 4.23. The summed E-state index contributed by atoms with van der Waals surface area (Å²) in [4.78, 5) is 23.3. The van der Waals surface area contributed by atoms with Gasteiger partial charge >= 0.3 is 7.82 Å². The van der Waals surface area contributed by atoms with Crippen LogP contribution in [0.1, 0.15) is 271 Å². The van der Waals surface area contributed by atoms with Crippen LogP contribution in [0.2, 0.25) is 0 Å². The molecule has 0 bridgehead atoms. The van der Waals surface area contributed by atoms with Crippen molar-refractivity contribution < 1.29 is 32.9 Å². The number of amides is 1. The molecule has 0 aromatic carbocycles. The fourth-order valence-corrected chi connectivity index (χ4v) is 9.43. The first-order valence-corrected chi connectivity index (χ1v) is 31.8. The van der Waals surface area contributed by atoms with Crippen LogP contribution in [0.4, 0.5) is 0 Å². The van der Waals surface area contributed by atoms with E-state index in [2.05, 4.69) is 79.9 Å². The van der Waals surface area contributed by atoms with Gasteiger partial charge < -0.3 is 19.8 Å². The van der Waals surface area contributed by atoms with Gasteiger partial charge in [-0.3, -0.25) is 13.8 Å². The summed E-state index contributed by atoms with van der Waals surface area (Å²) in [5, 5.41) is 13.9. The van der Waals surface area contributed by atoms with Gasteiger partial charge in [-0.25, -0.2) is 4.57 Å². The highest BCUT2D eigenvalue weighted by Gasteiger charge is 2.27. The van der Waals surface area contributed by atoms with E-state index < -0.39 is 20.0 Å². The molecule has 9 heteroatoms. The van der Waals surface area contributed by atoms with E-state index in [0.29, 0.717) is 17.4 Å². The van der Waals surface area contributed by atoms with Gasteiger partial charge in [-0.05, 0) is 70.6 Å². The lowest BCUT2D eigenvalue weighted by Crippen LogP contribution is -2.45. The minimum atomic E-state index is -4.36. The van der Waals surface area contributed by atoms with E-state index in [-0.39, 0.29) is 19.1 Å². The van der Waals surface area contributed by atoms with E-state index in [1.165, 1.54) is 186 Å². The monoisotopic (exact) mass is 1030 g/mol. The van der Waals surface area contributed by atoms with Crippen molar-refractivity contribution in [3.8, 4) is 0 Å². The molecule has 0 spiro atoms. The number of rotatable bonds is 55. The van der Waals surface area contributed by atoms with E-state index in [1.54, 1.807) is 6.08 Å². The molecule has 3 N–H and O–H groups in total. The number of carbonyl (C=O) groups excluding carboxylic acids is 1. The highest BCUT2D eigenvalue weighted by molar-refractivity contribution is 7.47. The Morgan fingerprint density at radius 2 is 0.847 bits per heavy atom. The highest BCUT2D eigenvalue weighted by atomic mass is 31.2. The number of quaternary nitrogens is 1. The van der Waals surface area contributed by atoms with E-state index in [9.17, 15) is 19.4 Å². The number of aliphatic hydroxyl groups is 1. The third-order valence-corrected chi connectivity index (χ3v) is 14.4. The fourth-order valence-electron chi connectivity index (χ4n) is 8.70. The Morgan fingerprint density at radius 1 is 0.486 bits per heavy atom. The van der Waals surface area contributed by atoms with Crippen LogP contribution >= 0.6 is 7.82 Å². The lowest BCUT2D eigenvalue weighted by molar-refractivity contribution is -0.870. The average Bonchev–Trinajstić information content (AvgIpc) is 3.34. The topological polar surface area (TPSA) is 105 Å². The van der Waals surface area contributed by atoms with Crippen LogP contribution in [0.5, 0.6) is 0 Å². The molecule has 1 amide bonds. The molecule has 0 aliphatic rings. The predicted octanol–water partition coefficient (Wildman–Crippen LogP) is 18.7. The van der Waals surface area contributed by atoms with Crippen LogP contribution in [-0.4, -0.2) is 73.4 Å². The van der Waals surface area contributed by atoms with Crippen molar-refractivity contribution in [3.63, 3.8) is 0 Å². The molecule has 0 heterocycles. The Hall–Kier alpha value is -2.06. The van der Waals surface area contributed by atoms with Gasteiger partial charge in [0.05, 0.1) is 39.9 Å². The minimum Gasteiger partial charge on any atom is -0.387 e. The summed E-state index contributed by atoms with van der Waals surface area (Å²) in [6.45, 7) is 4.71. The number of phosphoric ester groups is 1. The second-order valence-corrected chi connectivity index (χ2v) is 23.1. The van der Waals surface area contributed by atoms with Crippen LogP contribution in [0.3, 0.4) is 0 Å². The van der Waals surface area contributed by atoms with Crippen LogP contribution in [0.25, 0.3) is 0 Å². The van der Waals surface area contributed by atoms with Gasteiger partial charge in [0, 0.05) is 6.42 Å². The summed E-state index contributed by atoms with van der Waals surface area (Å²) < 4.78 is 23.7. The number of allylic oxidation sites excluding steroid dienone is 11. The van der Waals surface area contributed by atoms with E-state index in [4.69, 9.17) is 9.05 Å². The molecule has 0 rings (SSSR count). The zero-order valence-corrected chi connectivity index (χ0v) is 48.8. The average molecular weight is 1030 g/mol. The van der Waals surface area contributed by atoms with E-state index in [0.717, 1.165) is 64.2 Å². The summed E-state index contributed by atoms with van der Waals surface area (Å²) in [5.41, 5.74) is 0. The lowest BCUT2D eigenvalue weighted by atomic mass is 10.0. The third kappa shape index (κ3) is 55.7. The number of likely N-dealkylation sites (N-methyl/N-ethyl adjacent to an activating group) is 1. The summed E-state index contributed by atoms with van der Waals surface area (Å²) in [5.74, 6) is -0.189. The second kappa shape index (κ2) is 53.8. The van der Waals surface area contributed by atoms with Gasteiger partial charge in [-0.2, -0.15) is 0 Å². The normalized spacial score (nSPS) is 14.4. The van der Waals surface area contributed by atoms with Gasteiger partial charge in [0.2, 0.25) is 5.91 Å². The van der Waals surface area contributed by atoms with Gasteiger partial charge in [-0.15, -0.1) is 0 Å². The first kappa shape index (κ1) is 69.9. The summed E-state index contributed by atoms with van der Waals surface area (Å²) in [7, 11) is 1.55. The maximum Gasteiger partial charge on any atom is 0.472 e. The molecule has 8 nitrogen and oxygen atoms in total. The predicted molar refractivity (Wildman–Crippen MR) is 313 cm³/mol. The smallest absolute Gasteiger partial charge is 0.387 e. The summed E-state index contributed by atoms with van der Waals surface area (Å²) in [6, 6.07) is -0.869. The fraction of sp³-hybridized carbons (Fsp3) is 0.794. The standard InChI is InChI=1S/C63H117N2O6P/c1-6-8-10-12-14-16-18-20-22-24-26-28-30-32-34-36-38-40-42-44-46-48-50-52-54-56-62(66)61(60-71-72(68,69)70-59-58-65(3,4)5)64-63(67)57-55-53-51-49-47-45-43-41-39-37-35-33-31-29-27-25-23-21-19-17-15-13-11-9-7-2/h9,11,15,17,21,23,27,29,46,48,54,56,61-62,66H,6-8,10,12-14,16,18-20,22,24-26,28,30-45,47,49-53,55,57-60H2,1-5H3,(H-,64,67,68,69)/p+1/b11-9-,17-15-,23-21-,29-27-,48-46+,56-54+. The van der Waals surface area contributed by atoms with Crippen molar-refractivity contribution in [2.45, 2.75) is 283 Å². The molecule has 0 saturated heterocycles. The maximum absolute atomic E-state index is 13.0. The van der Waals surface area contributed by atoms with Gasteiger partial charge in [0.1, 0.15) is 13.2 Å². The van der Waals surface area contributed by atoms with Gasteiger partial charge in [0.15, 0.2) is 0 Å². The Bertz CT molecular complexity index is 1400. The molecule has 0 fully saturated rings. The van der Waals surface area contributed by atoms with Crippen molar-refractivity contribution >= 4 is 13.7 Å². The molecule has 0 aromatic heterocycles. The minimum absolute atomic E-state index is 0.0536. The lowest BCUT2D eigenvalue weighted by Gasteiger charge is -2.25. The van der Waals surface area contributed by atoms with Crippen molar-refractivity contribution in [3.05, 3.63) is 72.9 Å². The Labute approximate surface area is 446 Å². The van der Waals surface area contributed by atoms with Gasteiger partial charge in [0.25, 0.3) is 0 Å². The molecule has 3 unspecified atom stereocenters. The number of nitrogens with zero attached hydrogens (tertiary/aromatic N) is 1. The van der Waals surface area contributed by atoms with Crippen molar-refractivity contribution in [1.29, 1.82) is 0 Å². The third-order valence-electron chi connectivity index (χ3n) is 13.4. The van der Waals surface area contributed by atoms with Crippen LogP contribution in [0, 0.1) is 0 Å².